The van der Waals surface area contributed by atoms with E-state index in [2.05, 4.69) is 9.97 Å². The van der Waals surface area contributed by atoms with Gasteiger partial charge in [-0.3, -0.25) is 0 Å². The van der Waals surface area contributed by atoms with E-state index in [1.165, 1.54) is 35.8 Å². The first-order chi connectivity index (χ1) is 14.7. The Labute approximate surface area is 177 Å². The molecule has 3 aromatic rings. The summed E-state index contributed by atoms with van der Waals surface area (Å²) in [5, 5.41) is 0.981. The van der Waals surface area contributed by atoms with Gasteiger partial charge in [0.2, 0.25) is 6.79 Å². The van der Waals surface area contributed by atoms with E-state index in [1.54, 1.807) is 17.4 Å². The van der Waals surface area contributed by atoms with Crippen LogP contribution in [-0.4, -0.2) is 22.7 Å². The number of carbonyl (C=O) groups excluding carboxylic acids is 1. The summed E-state index contributed by atoms with van der Waals surface area (Å²) in [6, 6.07) is 5.46. The van der Waals surface area contributed by atoms with Crippen LogP contribution >= 0.6 is 11.3 Å². The molecule has 0 unspecified atom stereocenters. The molecule has 0 fully saturated rings. The predicted molar refractivity (Wildman–Crippen MR) is 114 cm³/mol. The van der Waals surface area contributed by atoms with Crippen LogP contribution in [-0.2, 0) is 29.0 Å². The lowest BCUT2D eigenvalue weighted by Gasteiger charge is -2.05. The molecule has 5 rings (SSSR count). The van der Waals surface area contributed by atoms with Crippen LogP contribution in [0.15, 0.2) is 24.3 Å². The van der Waals surface area contributed by atoms with Crippen LogP contribution in [0.25, 0.3) is 16.3 Å². The van der Waals surface area contributed by atoms with Crippen LogP contribution in [0.5, 0.6) is 11.5 Å². The number of nitrogen functional groups attached to an aromatic ring is 1. The highest BCUT2D eigenvalue weighted by molar-refractivity contribution is 7.19. The topological polar surface area (TPSA) is 96.6 Å². The monoisotopic (exact) mass is 423 g/mol. The van der Waals surface area contributed by atoms with Crippen LogP contribution in [0.3, 0.4) is 0 Å². The summed E-state index contributed by atoms with van der Waals surface area (Å²) in [5.41, 5.74) is 8.36. The molecule has 0 bridgehead atoms. The second kappa shape index (κ2) is 7.95. The van der Waals surface area contributed by atoms with Crippen molar-refractivity contribution < 1.29 is 19.0 Å². The average molecular weight is 423 g/mol. The van der Waals surface area contributed by atoms with Gasteiger partial charge in [0.25, 0.3) is 0 Å². The minimum Gasteiger partial charge on any atom is -0.454 e. The van der Waals surface area contributed by atoms with Crippen molar-refractivity contribution in [2.45, 2.75) is 38.7 Å². The van der Waals surface area contributed by atoms with Crippen molar-refractivity contribution in [3.63, 3.8) is 0 Å². The van der Waals surface area contributed by atoms with Crippen molar-refractivity contribution >= 4 is 39.4 Å². The molecule has 2 N–H and O–H groups in total. The highest BCUT2D eigenvalue weighted by Gasteiger charge is 2.19. The van der Waals surface area contributed by atoms with Gasteiger partial charge < -0.3 is 19.9 Å². The molecular formula is C22H21N3O4S. The summed E-state index contributed by atoms with van der Waals surface area (Å²) in [4.78, 5) is 23.4. The summed E-state index contributed by atoms with van der Waals surface area (Å²) >= 11 is 1.69. The van der Waals surface area contributed by atoms with E-state index in [0.29, 0.717) is 23.1 Å². The maximum absolute atomic E-state index is 12.1. The molecule has 0 spiro atoms. The van der Waals surface area contributed by atoms with Crippen molar-refractivity contribution in [1.29, 1.82) is 0 Å². The second-order valence-electron chi connectivity index (χ2n) is 7.32. The largest absolute Gasteiger partial charge is 0.454 e. The SMILES string of the molecule is Nc1nc(COC(=O)/C=C/c2ccc3c(c2)OCO3)nc2sc3c(c12)CCCCC3. The zero-order chi connectivity index (χ0) is 20.5. The minimum absolute atomic E-state index is 0.0208. The van der Waals surface area contributed by atoms with Crippen molar-refractivity contribution in [3.8, 4) is 11.5 Å². The molecule has 8 heteroatoms. The van der Waals surface area contributed by atoms with Crippen LogP contribution < -0.4 is 15.2 Å². The summed E-state index contributed by atoms with van der Waals surface area (Å²) in [7, 11) is 0. The Kier molecular flexibility index (Phi) is 5.00. The number of fused-ring (bicyclic) bond motifs is 4. The Morgan fingerprint density at radius 1 is 1.17 bits per heavy atom. The standard InChI is InChI=1S/C22H21N3O4S/c23-21-20-14-4-2-1-3-5-17(14)30-22(20)25-18(24-21)11-27-19(26)9-7-13-6-8-15-16(10-13)29-12-28-15/h6-10H,1-5,11-12H2,(H2,23,24,25)/b9-7+. The van der Waals surface area contributed by atoms with Gasteiger partial charge in [0.05, 0.1) is 5.39 Å². The molecule has 154 valence electrons. The van der Waals surface area contributed by atoms with Gasteiger partial charge in [0, 0.05) is 11.0 Å². The molecule has 7 nitrogen and oxygen atoms in total. The van der Waals surface area contributed by atoms with E-state index in [4.69, 9.17) is 19.9 Å². The predicted octanol–water partition coefficient (Wildman–Crippen LogP) is 4.03. The maximum Gasteiger partial charge on any atom is 0.331 e. The average Bonchev–Trinajstić information content (AvgIpc) is 3.28. The maximum atomic E-state index is 12.1. The highest BCUT2D eigenvalue weighted by Crippen LogP contribution is 2.37. The zero-order valence-corrected chi connectivity index (χ0v) is 17.2. The van der Waals surface area contributed by atoms with Crippen molar-refractivity contribution in [2.75, 3.05) is 12.5 Å². The quantitative estimate of drug-likeness (QED) is 0.384. The fourth-order valence-corrected chi connectivity index (χ4v) is 5.13. The van der Waals surface area contributed by atoms with E-state index in [-0.39, 0.29) is 13.4 Å². The third-order valence-electron chi connectivity index (χ3n) is 5.29. The fourth-order valence-electron chi connectivity index (χ4n) is 3.84. The number of nitrogens with zero attached hydrogens (tertiary/aromatic N) is 2. The van der Waals surface area contributed by atoms with Gasteiger partial charge in [-0.1, -0.05) is 12.5 Å². The third kappa shape index (κ3) is 3.70. The third-order valence-corrected chi connectivity index (χ3v) is 6.48. The first kappa shape index (κ1) is 18.9. The van der Waals surface area contributed by atoms with Crippen molar-refractivity contribution in [1.82, 2.24) is 9.97 Å². The number of benzene rings is 1. The lowest BCUT2D eigenvalue weighted by molar-refractivity contribution is -0.139. The van der Waals surface area contributed by atoms with Crippen LogP contribution in [0.1, 0.15) is 41.1 Å². The van der Waals surface area contributed by atoms with E-state index >= 15 is 0 Å². The number of aryl methyl sites for hydroxylation is 2. The Hall–Kier alpha value is -3.13. The lowest BCUT2D eigenvalue weighted by atomic mass is 10.1. The minimum atomic E-state index is -0.475. The van der Waals surface area contributed by atoms with Gasteiger partial charge in [0.1, 0.15) is 10.6 Å². The highest BCUT2D eigenvalue weighted by atomic mass is 32.1. The van der Waals surface area contributed by atoms with E-state index < -0.39 is 5.97 Å². The number of hydrogen-bond acceptors (Lipinski definition) is 8. The number of esters is 1. The van der Waals surface area contributed by atoms with Crippen LogP contribution in [0, 0.1) is 0 Å². The Morgan fingerprint density at radius 2 is 2.03 bits per heavy atom. The normalized spacial score (nSPS) is 15.3. The number of carbonyl (C=O) groups is 1. The fraction of sp³-hybridized carbons (Fsp3) is 0.318. The molecule has 1 aliphatic heterocycles. The molecule has 0 atom stereocenters. The Bertz CT molecular complexity index is 1150. The van der Waals surface area contributed by atoms with Gasteiger partial charge in [-0.15, -0.1) is 11.3 Å². The lowest BCUT2D eigenvalue weighted by Crippen LogP contribution is -2.06. The van der Waals surface area contributed by atoms with E-state index in [1.807, 2.05) is 18.2 Å². The van der Waals surface area contributed by atoms with Gasteiger partial charge in [-0.2, -0.15) is 0 Å². The van der Waals surface area contributed by atoms with E-state index in [9.17, 15) is 4.79 Å². The summed E-state index contributed by atoms with van der Waals surface area (Å²) in [6.45, 7) is 0.193. The molecule has 0 saturated carbocycles. The second-order valence-corrected chi connectivity index (χ2v) is 8.41. The first-order valence-electron chi connectivity index (χ1n) is 9.98. The van der Waals surface area contributed by atoms with Crippen molar-refractivity contribution in [3.05, 3.63) is 46.1 Å². The Morgan fingerprint density at radius 3 is 2.97 bits per heavy atom. The molecule has 3 heterocycles. The van der Waals surface area contributed by atoms with Gasteiger partial charge in [-0.05, 0) is 55.0 Å². The number of rotatable bonds is 4. The smallest absolute Gasteiger partial charge is 0.331 e. The van der Waals surface area contributed by atoms with Crippen LogP contribution in [0.4, 0.5) is 5.82 Å². The molecule has 0 radical (unpaired) electrons. The molecule has 30 heavy (non-hydrogen) atoms. The number of ether oxygens (including phenoxy) is 3. The zero-order valence-electron chi connectivity index (χ0n) is 16.3. The number of hydrogen-bond donors (Lipinski definition) is 1. The molecule has 2 aliphatic rings. The molecular weight excluding hydrogens is 402 g/mol. The molecule has 0 amide bonds. The number of anilines is 1. The molecule has 0 saturated heterocycles. The number of aromatic nitrogens is 2. The van der Waals surface area contributed by atoms with Gasteiger partial charge in [-0.25, -0.2) is 14.8 Å². The number of nitrogens with two attached hydrogens (primary N) is 1. The van der Waals surface area contributed by atoms with Gasteiger partial charge in [0.15, 0.2) is 23.9 Å². The molecule has 2 aromatic heterocycles. The first-order valence-corrected chi connectivity index (χ1v) is 10.8. The molecule has 1 aromatic carbocycles. The summed E-state index contributed by atoms with van der Waals surface area (Å²) in [6.07, 6.45) is 8.76. The summed E-state index contributed by atoms with van der Waals surface area (Å²) in [5.74, 6) is 1.78. The van der Waals surface area contributed by atoms with Gasteiger partial charge >= 0.3 is 5.97 Å². The van der Waals surface area contributed by atoms with Crippen molar-refractivity contribution in [2.24, 2.45) is 0 Å². The van der Waals surface area contributed by atoms with Crippen LogP contribution in [0.2, 0.25) is 0 Å². The Balaban J connectivity index is 1.27. The number of thiophene rings is 1. The summed E-state index contributed by atoms with van der Waals surface area (Å²) < 4.78 is 15.9. The molecule has 1 aliphatic carbocycles. The van der Waals surface area contributed by atoms with E-state index in [0.717, 1.165) is 28.6 Å².